The van der Waals surface area contributed by atoms with Gasteiger partial charge in [0, 0.05) is 43.9 Å². The van der Waals surface area contributed by atoms with Gasteiger partial charge in [0.15, 0.2) is 0 Å². The van der Waals surface area contributed by atoms with Crippen molar-refractivity contribution < 1.29 is 4.79 Å². The molecule has 1 amide bonds. The van der Waals surface area contributed by atoms with Gasteiger partial charge in [-0.05, 0) is 41.8 Å². The number of hydrogen-bond acceptors (Lipinski definition) is 5. The maximum absolute atomic E-state index is 13.2. The van der Waals surface area contributed by atoms with Crippen molar-refractivity contribution in [2.24, 2.45) is 7.05 Å². The number of carbonyl (C=O) groups excluding carboxylic acids is 1. The summed E-state index contributed by atoms with van der Waals surface area (Å²) in [5.74, 6) is -0.290. The summed E-state index contributed by atoms with van der Waals surface area (Å²) in [6, 6.07) is 16.4. The zero-order valence-electron chi connectivity index (χ0n) is 17.7. The van der Waals surface area contributed by atoms with Crippen molar-refractivity contribution in [1.29, 1.82) is 0 Å². The van der Waals surface area contributed by atoms with E-state index >= 15 is 0 Å². The summed E-state index contributed by atoms with van der Waals surface area (Å²) in [4.78, 5) is 32.3. The smallest absolute Gasteiger partial charge is 0.271 e. The van der Waals surface area contributed by atoms with Gasteiger partial charge in [0.1, 0.15) is 5.69 Å². The Hall–Kier alpha value is -4.04. The largest absolute Gasteiger partial charge is 0.327 e. The van der Waals surface area contributed by atoms with Gasteiger partial charge in [0.2, 0.25) is 5.91 Å². The molecule has 0 aliphatic carbocycles. The van der Waals surface area contributed by atoms with Gasteiger partial charge in [-0.1, -0.05) is 30.3 Å². The summed E-state index contributed by atoms with van der Waals surface area (Å²) in [5, 5.41) is 10.4. The summed E-state index contributed by atoms with van der Waals surface area (Å²) in [5.41, 5.74) is 3.35. The number of rotatable bonds is 8. The molecule has 8 nitrogen and oxygen atoms in total. The highest BCUT2D eigenvalue weighted by Crippen LogP contribution is 2.19. The Morgan fingerprint density at radius 2 is 1.88 bits per heavy atom. The fourth-order valence-electron chi connectivity index (χ4n) is 3.40. The number of aromatic nitrogens is 4. The number of pyridine rings is 2. The fourth-order valence-corrected chi connectivity index (χ4v) is 3.40. The Kier molecular flexibility index (Phi) is 6.52. The van der Waals surface area contributed by atoms with Crippen molar-refractivity contribution in [3.8, 4) is 11.1 Å². The first-order valence-electron chi connectivity index (χ1n) is 10.3. The molecular formula is C24H24N6O2. The minimum atomic E-state index is -0.552. The number of nitrogens with zero attached hydrogens (tertiary/aromatic N) is 3. The second kappa shape index (κ2) is 9.84. The minimum Gasteiger partial charge on any atom is -0.327 e. The second-order valence-electron chi connectivity index (χ2n) is 7.46. The van der Waals surface area contributed by atoms with Crippen molar-refractivity contribution in [3.63, 3.8) is 0 Å². The van der Waals surface area contributed by atoms with Crippen molar-refractivity contribution in [2.75, 3.05) is 5.32 Å². The summed E-state index contributed by atoms with van der Waals surface area (Å²) in [6.07, 6.45) is 7.30. The molecule has 3 aromatic heterocycles. The Morgan fingerprint density at radius 3 is 2.59 bits per heavy atom. The first-order chi connectivity index (χ1) is 15.6. The van der Waals surface area contributed by atoms with Crippen molar-refractivity contribution in [1.82, 2.24) is 25.1 Å². The van der Waals surface area contributed by atoms with Crippen LogP contribution in [0.15, 0.2) is 84.2 Å². The molecule has 0 radical (unpaired) electrons. The van der Waals surface area contributed by atoms with Crippen molar-refractivity contribution in [2.45, 2.75) is 19.0 Å². The lowest BCUT2D eigenvalue weighted by atomic mass is 10.0. The molecule has 0 saturated carbocycles. The summed E-state index contributed by atoms with van der Waals surface area (Å²) < 4.78 is 1.72. The van der Waals surface area contributed by atoms with E-state index in [1.165, 1.54) is 0 Å². The first kappa shape index (κ1) is 21.2. The van der Waals surface area contributed by atoms with E-state index in [0.717, 1.165) is 22.4 Å². The van der Waals surface area contributed by atoms with Crippen LogP contribution in [0.2, 0.25) is 0 Å². The predicted octanol–water partition coefficient (Wildman–Crippen LogP) is 2.51. The maximum Gasteiger partial charge on any atom is 0.271 e. The lowest BCUT2D eigenvalue weighted by molar-refractivity contribution is -0.118. The Balaban J connectivity index is 1.54. The molecule has 32 heavy (non-hydrogen) atoms. The number of amides is 1. The number of nitrogens with one attached hydrogen (secondary N) is 3. The average Bonchev–Trinajstić information content (AvgIpc) is 3.24. The van der Waals surface area contributed by atoms with Gasteiger partial charge >= 0.3 is 0 Å². The zero-order chi connectivity index (χ0) is 22.3. The maximum atomic E-state index is 13.2. The monoisotopic (exact) mass is 428 g/mol. The van der Waals surface area contributed by atoms with Crippen LogP contribution in [-0.2, 0) is 24.8 Å². The standard InChI is InChI=1S/C24H24N6O2/c1-30-12-9-20(29-30)16-26-21(13-17-5-3-2-4-6-17)24(32)28-22-14-19(15-27-23(22)31)18-7-10-25-11-8-18/h2-12,14-15,21,26H,13,16H2,1H3,(H,27,31)(H,28,32)/t21-/m0/s1. The van der Waals surface area contributed by atoms with Crippen LogP contribution in [0, 0.1) is 0 Å². The summed E-state index contributed by atoms with van der Waals surface area (Å²) >= 11 is 0. The molecular weight excluding hydrogens is 404 g/mol. The predicted molar refractivity (Wildman–Crippen MR) is 123 cm³/mol. The highest BCUT2D eigenvalue weighted by atomic mass is 16.2. The zero-order valence-corrected chi connectivity index (χ0v) is 17.7. The highest BCUT2D eigenvalue weighted by Gasteiger charge is 2.20. The number of H-pyrrole nitrogens is 1. The quantitative estimate of drug-likeness (QED) is 0.400. The van der Waals surface area contributed by atoms with E-state index in [4.69, 9.17) is 0 Å². The number of benzene rings is 1. The van der Waals surface area contributed by atoms with E-state index in [-0.39, 0.29) is 17.2 Å². The molecule has 4 aromatic rings. The lowest BCUT2D eigenvalue weighted by Crippen LogP contribution is -2.42. The average molecular weight is 428 g/mol. The van der Waals surface area contributed by atoms with Gasteiger partial charge in [-0.3, -0.25) is 24.6 Å². The molecule has 4 rings (SSSR count). The van der Waals surface area contributed by atoms with Gasteiger partial charge in [-0.25, -0.2) is 0 Å². The number of anilines is 1. The third-order valence-corrected chi connectivity index (χ3v) is 5.07. The molecule has 0 fully saturated rings. The number of aromatic amines is 1. The van der Waals surface area contributed by atoms with Crippen LogP contribution in [-0.4, -0.2) is 31.7 Å². The molecule has 0 spiro atoms. The third kappa shape index (κ3) is 5.35. The molecule has 0 saturated heterocycles. The molecule has 3 heterocycles. The molecule has 3 N–H and O–H groups in total. The normalized spacial score (nSPS) is 11.8. The summed E-state index contributed by atoms with van der Waals surface area (Å²) in [7, 11) is 1.85. The molecule has 1 aromatic carbocycles. The lowest BCUT2D eigenvalue weighted by Gasteiger charge is -2.18. The van der Waals surface area contributed by atoms with Crippen LogP contribution < -0.4 is 16.2 Å². The Bertz CT molecular complexity index is 1230. The van der Waals surface area contributed by atoms with Crippen LogP contribution in [0.3, 0.4) is 0 Å². The van der Waals surface area contributed by atoms with Gasteiger partial charge in [0.05, 0.1) is 11.7 Å². The van der Waals surface area contributed by atoms with Crippen molar-refractivity contribution >= 4 is 11.6 Å². The molecule has 162 valence electrons. The fraction of sp³-hybridized carbons (Fsp3) is 0.167. The van der Waals surface area contributed by atoms with E-state index in [0.29, 0.717) is 13.0 Å². The summed E-state index contributed by atoms with van der Waals surface area (Å²) in [6.45, 7) is 0.430. The van der Waals surface area contributed by atoms with Crippen LogP contribution >= 0.6 is 0 Å². The second-order valence-corrected chi connectivity index (χ2v) is 7.46. The number of aryl methyl sites for hydroxylation is 1. The molecule has 0 aliphatic heterocycles. The topological polar surface area (TPSA) is 105 Å². The first-order valence-corrected chi connectivity index (χ1v) is 10.3. The highest BCUT2D eigenvalue weighted by molar-refractivity contribution is 5.95. The molecule has 8 heteroatoms. The molecule has 0 bridgehead atoms. The molecule has 0 unspecified atom stereocenters. The van der Waals surface area contributed by atoms with E-state index < -0.39 is 6.04 Å². The van der Waals surface area contributed by atoms with Gasteiger partial charge in [-0.15, -0.1) is 0 Å². The van der Waals surface area contributed by atoms with Gasteiger partial charge in [-0.2, -0.15) is 5.10 Å². The van der Waals surface area contributed by atoms with Crippen LogP contribution in [0.1, 0.15) is 11.3 Å². The SMILES string of the molecule is Cn1ccc(CN[C@@H](Cc2ccccc2)C(=O)Nc2cc(-c3ccncc3)c[nH]c2=O)n1. The number of hydrogen-bond donors (Lipinski definition) is 3. The van der Waals surface area contributed by atoms with Crippen LogP contribution in [0.25, 0.3) is 11.1 Å². The van der Waals surface area contributed by atoms with Crippen molar-refractivity contribution in [3.05, 3.63) is 101 Å². The Morgan fingerprint density at radius 1 is 1.09 bits per heavy atom. The van der Waals surface area contributed by atoms with E-state index in [9.17, 15) is 9.59 Å². The Labute approximate surface area is 185 Å². The van der Waals surface area contributed by atoms with E-state index in [2.05, 4.69) is 25.7 Å². The van der Waals surface area contributed by atoms with Crippen LogP contribution in [0.5, 0.6) is 0 Å². The minimum absolute atomic E-state index is 0.196. The van der Waals surface area contributed by atoms with E-state index in [1.807, 2.05) is 61.8 Å². The van der Waals surface area contributed by atoms with Crippen LogP contribution in [0.4, 0.5) is 5.69 Å². The number of carbonyl (C=O) groups is 1. The third-order valence-electron chi connectivity index (χ3n) is 5.07. The van der Waals surface area contributed by atoms with Gasteiger partial charge in [0.25, 0.3) is 5.56 Å². The van der Waals surface area contributed by atoms with Gasteiger partial charge < -0.3 is 10.3 Å². The molecule has 1 atom stereocenters. The van der Waals surface area contributed by atoms with E-state index in [1.54, 1.807) is 29.3 Å². The molecule has 0 aliphatic rings.